The average Bonchev–Trinajstić information content (AvgIpc) is 2.63. The lowest BCUT2D eigenvalue weighted by molar-refractivity contribution is 0.158. The third kappa shape index (κ3) is 2.55. The van der Waals surface area contributed by atoms with E-state index in [-0.39, 0.29) is 11.5 Å². The standard InChI is InChI=1S/C20H23N3O2/c1-2-23-9-4-3-8-16(23)12-6-5-7-14-19(12)20(21)13-10-17(24)18(25)11-15(13)22-14/h5-7,10-11,16,24-25H,2-4,8-9H2,1H3,(H2,21,22). The van der Waals surface area contributed by atoms with Crippen LogP contribution in [0.15, 0.2) is 30.3 Å². The highest BCUT2D eigenvalue weighted by atomic mass is 16.3. The molecule has 0 radical (unpaired) electrons. The van der Waals surface area contributed by atoms with Gasteiger partial charge in [-0.15, -0.1) is 0 Å². The Labute approximate surface area is 146 Å². The SMILES string of the molecule is CCN1CCCCC1c1cccc2nc3cc(O)c(O)cc3c(N)c12. The van der Waals surface area contributed by atoms with Gasteiger partial charge in [0.2, 0.25) is 0 Å². The van der Waals surface area contributed by atoms with E-state index in [1.165, 1.54) is 30.5 Å². The first-order chi connectivity index (χ1) is 12.1. The molecule has 1 fully saturated rings. The summed E-state index contributed by atoms with van der Waals surface area (Å²) in [7, 11) is 0. The molecule has 4 rings (SSSR count). The van der Waals surface area contributed by atoms with Crippen molar-refractivity contribution in [2.45, 2.75) is 32.2 Å². The van der Waals surface area contributed by atoms with Crippen molar-refractivity contribution >= 4 is 27.5 Å². The van der Waals surface area contributed by atoms with Gasteiger partial charge in [-0.3, -0.25) is 4.90 Å². The molecule has 3 aromatic rings. The number of hydrogen-bond donors (Lipinski definition) is 3. The Morgan fingerprint density at radius 3 is 2.76 bits per heavy atom. The molecule has 1 atom stereocenters. The predicted molar refractivity (Wildman–Crippen MR) is 101 cm³/mol. The summed E-state index contributed by atoms with van der Waals surface area (Å²) in [5.41, 5.74) is 9.76. The van der Waals surface area contributed by atoms with E-state index < -0.39 is 0 Å². The van der Waals surface area contributed by atoms with E-state index in [1.807, 2.05) is 12.1 Å². The number of likely N-dealkylation sites (tertiary alicyclic amines) is 1. The maximum absolute atomic E-state index is 9.87. The molecule has 0 spiro atoms. The number of piperidine rings is 1. The van der Waals surface area contributed by atoms with Crippen LogP contribution in [0.2, 0.25) is 0 Å². The number of benzene rings is 2. The highest BCUT2D eigenvalue weighted by molar-refractivity contribution is 6.08. The van der Waals surface area contributed by atoms with Crippen LogP contribution in [0.25, 0.3) is 21.8 Å². The van der Waals surface area contributed by atoms with Crippen molar-refractivity contribution in [2.24, 2.45) is 0 Å². The lowest BCUT2D eigenvalue weighted by atomic mass is 9.91. The number of fused-ring (bicyclic) bond motifs is 2. The fourth-order valence-corrected chi connectivity index (χ4v) is 4.08. The van der Waals surface area contributed by atoms with Gasteiger partial charge < -0.3 is 15.9 Å². The van der Waals surface area contributed by atoms with Crippen molar-refractivity contribution in [3.05, 3.63) is 35.9 Å². The third-order valence-electron chi connectivity index (χ3n) is 5.35. The van der Waals surface area contributed by atoms with E-state index in [0.29, 0.717) is 22.6 Å². The number of nitrogen functional groups attached to an aromatic ring is 1. The van der Waals surface area contributed by atoms with Crippen LogP contribution in [-0.2, 0) is 0 Å². The van der Waals surface area contributed by atoms with Gasteiger partial charge in [0.1, 0.15) is 0 Å². The second-order valence-electron chi connectivity index (χ2n) is 6.77. The minimum absolute atomic E-state index is 0.175. The van der Waals surface area contributed by atoms with Crippen molar-refractivity contribution in [2.75, 3.05) is 18.8 Å². The molecule has 1 aliphatic heterocycles. The molecule has 0 bridgehead atoms. The van der Waals surface area contributed by atoms with Crippen molar-refractivity contribution in [3.8, 4) is 11.5 Å². The molecule has 4 N–H and O–H groups in total. The van der Waals surface area contributed by atoms with Crippen LogP contribution in [0.5, 0.6) is 11.5 Å². The van der Waals surface area contributed by atoms with Crippen LogP contribution in [0.3, 0.4) is 0 Å². The van der Waals surface area contributed by atoms with E-state index >= 15 is 0 Å². The van der Waals surface area contributed by atoms with E-state index in [2.05, 4.69) is 22.9 Å². The highest BCUT2D eigenvalue weighted by Crippen LogP contribution is 2.40. The molecule has 5 heteroatoms. The summed E-state index contributed by atoms with van der Waals surface area (Å²) in [5, 5.41) is 21.3. The zero-order valence-corrected chi connectivity index (χ0v) is 14.4. The Hall–Kier alpha value is -2.53. The number of nitrogens with zero attached hydrogens (tertiary/aromatic N) is 2. The zero-order valence-electron chi connectivity index (χ0n) is 14.4. The predicted octanol–water partition coefficient (Wildman–Crippen LogP) is 3.93. The van der Waals surface area contributed by atoms with Crippen LogP contribution < -0.4 is 5.73 Å². The molecule has 1 aliphatic rings. The Balaban J connectivity index is 1.99. The first-order valence-electron chi connectivity index (χ1n) is 8.88. The van der Waals surface area contributed by atoms with Crippen molar-refractivity contribution < 1.29 is 10.2 Å². The Morgan fingerprint density at radius 2 is 1.96 bits per heavy atom. The molecule has 5 nitrogen and oxygen atoms in total. The second kappa shape index (κ2) is 6.08. The summed E-state index contributed by atoms with van der Waals surface area (Å²) in [4.78, 5) is 7.17. The summed E-state index contributed by atoms with van der Waals surface area (Å²) in [6, 6.07) is 9.43. The van der Waals surface area contributed by atoms with Crippen LogP contribution >= 0.6 is 0 Å². The van der Waals surface area contributed by atoms with Gasteiger partial charge in [-0.05, 0) is 43.6 Å². The van der Waals surface area contributed by atoms with Crippen LogP contribution in [-0.4, -0.2) is 33.2 Å². The molecule has 2 aromatic carbocycles. The molecule has 1 aromatic heterocycles. The number of anilines is 1. The highest BCUT2D eigenvalue weighted by Gasteiger charge is 2.25. The molecule has 0 saturated carbocycles. The molecule has 0 aliphatic carbocycles. The fraction of sp³-hybridized carbons (Fsp3) is 0.350. The summed E-state index contributed by atoms with van der Waals surface area (Å²) in [6.45, 7) is 4.31. The van der Waals surface area contributed by atoms with Gasteiger partial charge in [0, 0.05) is 22.9 Å². The number of rotatable bonds is 2. The molecule has 130 valence electrons. The Kier molecular flexibility index (Phi) is 3.88. The van der Waals surface area contributed by atoms with E-state index in [0.717, 1.165) is 30.4 Å². The topological polar surface area (TPSA) is 82.6 Å². The van der Waals surface area contributed by atoms with Gasteiger partial charge in [0.05, 0.1) is 16.7 Å². The monoisotopic (exact) mass is 337 g/mol. The molecule has 25 heavy (non-hydrogen) atoms. The lowest BCUT2D eigenvalue weighted by Crippen LogP contribution is -2.33. The zero-order chi connectivity index (χ0) is 17.6. The third-order valence-corrected chi connectivity index (χ3v) is 5.35. The fourth-order valence-electron chi connectivity index (χ4n) is 4.08. The number of phenolic OH excluding ortho intramolecular Hbond substituents is 2. The summed E-state index contributed by atoms with van der Waals surface area (Å²) < 4.78 is 0. The summed E-state index contributed by atoms with van der Waals surface area (Å²) in [5.74, 6) is -0.356. The van der Waals surface area contributed by atoms with E-state index in [1.54, 1.807) is 0 Å². The molecule has 0 amide bonds. The number of aromatic hydroxyl groups is 2. The number of pyridine rings is 1. The van der Waals surface area contributed by atoms with Gasteiger partial charge in [0.15, 0.2) is 11.5 Å². The number of nitrogens with two attached hydrogens (primary N) is 1. The number of phenols is 2. The molecule has 2 heterocycles. The van der Waals surface area contributed by atoms with Gasteiger partial charge >= 0.3 is 0 Å². The smallest absolute Gasteiger partial charge is 0.159 e. The van der Waals surface area contributed by atoms with E-state index in [4.69, 9.17) is 5.73 Å². The molecule has 1 unspecified atom stereocenters. The first-order valence-corrected chi connectivity index (χ1v) is 8.88. The summed E-state index contributed by atoms with van der Waals surface area (Å²) >= 11 is 0. The molecule has 1 saturated heterocycles. The lowest BCUT2D eigenvalue weighted by Gasteiger charge is -2.36. The van der Waals surface area contributed by atoms with Gasteiger partial charge in [-0.2, -0.15) is 0 Å². The van der Waals surface area contributed by atoms with Crippen molar-refractivity contribution in [1.82, 2.24) is 9.88 Å². The normalized spacial score (nSPS) is 18.8. The Bertz CT molecular complexity index is 955. The van der Waals surface area contributed by atoms with Gasteiger partial charge in [-0.1, -0.05) is 25.5 Å². The Morgan fingerprint density at radius 1 is 1.16 bits per heavy atom. The number of aromatic nitrogens is 1. The maximum Gasteiger partial charge on any atom is 0.159 e. The van der Waals surface area contributed by atoms with Crippen molar-refractivity contribution in [1.29, 1.82) is 0 Å². The van der Waals surface area contributed by atoms with Crippen LogP contribution in [0, 0.1) is 0 Å². The quantitative estimate of drug-likeness (QED) is 0.487. The van der Waals surface area contributed by atoms with Crippen LogP contribution in [0.4, 0.5) is 5.69 Å². The summed E-state index contributed by atoms with van der Waals surface area (Å²) in [6.07, 6.45) is 3.57. The molecular formula is C20H23N3O2. The largest absolute Gasteiger partial charge is 0.504 e. The number of hydrogen-bond acceptors (Lipinski definition) is 5. The minimum Gasteiger partial charge on any atom is -0.504 e. The van der Waals surface area contributed by atoms with Gasteiger partial charge in [0.25, 0.3) is 0 Å². The van der Waals surface area contributed by atoms with E-state index in [9.17, 15) is 10.2 Å². The minimum atomic E-state index is -0.181. The van der Waals surface area contributed by atoms with Gasteiger partial charge in [-0.25, -0.2) is 4.98 Å². The van der Waals surface area contributed by atoms with Crippen LogP contribution in [0.1, 0.15) is 37.8 Å². The molecular weight excluding hydrogens is 314 g/mol. The average molecular weight is 337 g/mol. The first kappa shape index (κ1) is 16.0. The second-order valence-corrected chi connectivity index (χ2v) is 6.77. The maximum atomic E-state index is 9.87. The van der Waals surface area contributed by atoms with Crippen molar-refractivity contribution in [3.63, 3.8) is 0 Å².